The first-order valence-electron chi connectivity index (χ1n) is 9.94. The maximum atomic E-state index is 10.5. The molecule has 0 saturated carbocycles. The van der Waals surface area contributed by atoms with E-state index in [2.05, 4.69) is 48.4 Å². The third-order valence-electron chi connectivity index (χ3n) is 4.72. The van der Waals surface area contributed by atoms with Crippen LogP contribution in [0.15, 0.2) is 83.8 Å². The van der Waals surface area contributed by atoms with Gasteiger partial charge in [0.25, 0.3) is 0 Å². The molecule has 164 valence electrons. The van der Waals surface area contributed by atoms with Crippen molar-refractivity contribution in [1.82, 2.24) is 0 Å². The minimum atomic E-state index is -0.563. The summed E-state index contributed by atoms with van der Waals surface area (Å²) in [6.07, 6.45) is 1.39. The van der Waals surface area contributed by atoms with Crippen molar-refractivity contribution in [2.75, 3.05) is 0 Å². The Labute approximate surface area is 201 Å². The Hall–Kier alpha value is -3.72. The molecule has 0 radical (unpaired) electrons. The predicted octanol–water partition coefficient (Wildman–Crippen LogP) is 6.39. The number of nitrogens with one attached hydrogen (secondary N) is 1. The fourth-order valence-electron chi connectivity index (χ4n) is 2.96. The Kier molecular flexibility index (Phi) is 8.15. The molecule has 0 aliphatic carbocycles. The van der Waals surface area contributed by atoms with Crippen molar-refractivity contribution in [3.8, 4) is 16.9 Å². The van der Waals surface area contributed by atoms with Gasteiger partial charge in [-0.25, -0.2) is 0 Å². The highest BCUT2D eigenvalue weighted by atomic mass is 35.5. The zero-order valence-corrected chi connectivity index (χ0v) is 19.4. The van der Waals surface area contributed by atoms with E-state index in [4.69, 9.17) is 27.9 Å². The molecule has 0 atom stereocenters. The summed E-state index contributed by atoms with van der Waals surface area (Å²) in [5.74, 6) is 2.62. The molecule has 0 aromatic heterocycles. The third kappa shape index (κ3) is 6.39. The quantitative estimate of drug-likeness (QED) is 0.183. The number of thioether (sulfide) groups is 1. The SMILES string of the molecule is Cc1ccc(SC#Cc2ccc(C=N)c3ccccc23)cc1.NC(=O)c1ccc(O)c(Cl)c1. The number of hydrogen-bond acceptors (Lipinski definition) is 4. The lowest BCUT2D eigenvalue weighted by atomic mass is 10.0. The molecule has 1 amide bonds. The van der Waals surface area contributed by atoms with Gasteiger partial charge in [0.15, 0.2) is 0 Å². The number of primary amides is 1. The summed E-state index contributed by atoms with van der Waals surface area (Å²) in [5.41, 5.74) is 8.42. The van der Waals surface area contributed by atoms with Gasteiger partial charge in [-0.05, 0) is 76.7 Å². The van der Waals surface area contributed by atoms with Gasteiger partial charge in [0, 0.05) is 22.2 Å². The molecule has 4 rings (SSSR count). The number of amides is 1. The smallest absolute Gasteiger partial charge is 0.248 e. The number of halogens is 1. The number of carbonyl (C=O) groups excluding carboxylic acids is 1. The summed E-state index contributed by atoms with van der Waals surface area (Å²) >= 11 is 7.04. The normalized spacial score (nSPS) is 9.88. The highest BCUT2D eigenvalue weighted by Gasteiger charge is 2.03. The molecule has 0 aliphatic rings. The van der Waals surface area contributed by atoms with E-state index in [-0.39, 0.29) is 16.3 Å². The van der Waals surface area contributed by atoms with Crippen LogP contribution in [-0.4, -0.2) is 17.2 Å². The van der Waals surface area contributed by atoms with E-state index < -0.39 is 5.91 Å². The molecule has 0 unspecified atom stereocenters. The van der Waals surface area contributed by atoms with E-state index in [0.29, 0.717) is 0 Å². The number of carbonyl (C=O) groups is 1. The lowest BCUT2D eigenvalue weighted by molar-refractivity contribution is 0.100. The summed E-state index contributed by atoms with van der Waals surface area (Å²) in [4.78, 5) is 11.7. The maximum Gasteiger partial charge on any atom is 0.248 e. The van der Waals surface area contributed by atoms with Crippen LogP contribution in [0.2, 0.25) is 5.02 Å². The second-order valence-electron chi connectivity index (χ2n) is 7.06. The van der Waals surface area contributed by atoms with E-state index >= 15 is 0 Å². The van der Waals surface area contributed by atoms with Gasteiger partial charge >= 0.3 is 0 Å². The van der Waals surface area contributed by atoms with Crippen LogP contribution < -0.4 is 5.73 Å². The average molecular weight is 473 g/mol. The van der Waals surface area contributed by atoms with Crippen LogP contribution in [-0.2, 0) is 0 Å². The van der Waals surface area contributed by atoms with Gasteiger partial charge in [-0.15, -0.1) is 0 Å². The van der Waals surface area contributed by atoms with E-state index in [1.165, 1.54) is 41.7 Å². The van der Waals surface area contributed by atoms with Gasteiger partial charge in [0.1, 0.15) is 5.75 Å². The number of aryl methyl sites for hydroxylation is 1. The van der Waals surface area contributed by atoms with Crippen molar-refractivity contribution >= 4 is 46.3 Å². The number of phenolic OH excluding ortho intramolecular Hbond substituents is 1. The Morgan fingerprint density at radius 1 is 1.03 bits per heavy atom. The van der Waals surface area contributed by atoms with Crippen LogP contribution in [0, 0.1) is 23.5 Å². The van der Waals surface area contributed by atoms with Crippen LogP contribution >= 0.6 is 23.4 Å². The summed E-state index contributed by atoms with van der Waals surface area (Å²) < 4.78 is 0. The molecule has 4 N–H and O–H groups in total. The molecule has 0 fully saturated rings. The zero-order valence-electron chi connectivity index (χ0n) is 17.8. The molecular weight excluding hydrogens is 452 g/mol. The molecule has 0 aliphatic heterocycles. The molecule has 33 heavy (non-hydrogen) atoms. The standard InChI is InChI=1S/C20H15NS.C7H6ClNO2/c1-15-6-10-18(11-7-15)22-13-12-16-8-9-17(14-21)20-5-3-2-4-19(16)20;8-5-3-4(7(9)11)1-2-6(5)10/h2-11,14,21H,1H3;1-3,10H,(H2,9,11). The van der Waals surface area contributed by atoms with Crippen molar-refractivity contribution in [2.45, 2.75) is 11.8 Å². The largest absolute Gasteiger partial charge is 0.506 e. The van der Waals surface area contributed by atoms with E-state index in [0.717, 1.165) is 26.8 Å². The second kappa shape index (κ2) is 11.2. The van der Waals surface area contributed by atoms with Crippen molar-refractivity contribution in [1.29, 1.82) is 5.41 Å². The lowest BCUT2D eigenvalue weighted by Crippen LogP contribution is -2.10. The highest BCUT2D eigenvalue weighted by Crippen LogP contribution is 2.24. The molecule has 0 bridgehead atoms. The van der Waals surface area contributed by atoms with Gasteiger partial charge in [-0.3, -0.25) is 4.79 Å². The molecule has 0 spiro atoms. The van der Waals surface area contributed by atoms with E-state index in [1.54, 1.807) is 0 Å². The van der Waals surface area contributed by atoms with Gasteiger partial charge < -0.3 is 16.2 Å². The minimum absolute atomic E-state index is 0.0586. The van der Waals surface area contributed by atoms with Crippen LogP contribution in [0.1, 0.15) is 27.0 Å². The van der Waals surface area contributed by atoms with E-state index in [1.807, 2.05) is 30.3 Å². The number of hydrogen-bond donors (Lipinski definition) is 3. The number of fused-ring (bicyclic) bond motifs is 1. The maximum absolute atomic E-state index is 10.5. The summed E-state index contributed by atoms with van der Waals surface area (Å²) in [6, 6.07) is 24.5. The Morgan fingerprint density at radius 3 is 2.36 bits per heavy atom. The second-order valence-corrected chi connectivity index (χ2v) is 8.35. The molecule has 4 aromatic carbocycles. The number of benzene rings is 4. The van der Waals surface area contributed by atoms with Crippen molar-refractivity contribution in [3.05, 3.63) is 106 Å². The lowest BCUT2D eigenvalue weighted by Gasteiger charge is -2.03. The fourth-order valence-corrected chi connectivity index (χ4v) is 3.69. The summed E-state index contributed by atoms with van der Waals surface area (Å²) in [7, 11) is 0. The summed E-state index contributed by atoms with van der Waals surface area (Å²) in [5, 5.41) is 21.9. The minimum Gasteiger partial charge on any atom is -0.506 e. The number of rotatable bonds is 3. The first-order valence-corrected chi connectivity index (χ1v) is 11.1. The zero-order chi connectivity index (χ0) is 23.8. The number of phenols is 1. The predicted molar refractivity (Wildman–Crippen MR) is 137 cm³/mol. The highest BCUT2D eigenvalue weighted by molar-refractivity contribution is 8.04. The first kappa shape index (κ1) is 23.9. The van der Waals surface area contributed by atoms with E-state index in [9.17, 15) is 4.79 Å². The van der Waals surface area contributed by atoms with Crippen LogP contribution in [0.3, 0.4) is 0 Å². The van der Waals surface area contributed by atoms with Crippen molar-refractivity contribution < 1.29 is 9.90 Å². The van der Waals surface area contributed by atoms with Crippen LogP contribution in [0.4, 0.5) is 0 Å². The molecule has 4 aromatic rings. The molecule has 6 heteroatoms. The van der Waals surface area contributed by atoms with Gasteiger partial charge in [-0.2, -0.15) is 0 Å². The summed E-state index contributed by atoms with van der Waals surface area (Å²) in [6.45, 7) is 2.08. The topological polar surface area (TPSA) is 87.2 Å². The van der Waals surface area contributed by atoms with Crippen LogP contribution in [0.25, 0.3) is 10.8 Å². The van der Waals surface area contributed by atoms with Crippen molar-refractivity contribution in [2.24, 2.45) is 5.73 Å². The van der Waals surface area contributed by atoms with Crippen molar-refractivity contribution in [3.63, 3.8) is 0 Å². The average Bonchev–Trinajstić information content (AvgIpc) is 2.82. The third-order valence-corrected chi connectivity index (χ3v) is 5.74. The molecule has 0 heterocycles. The first-order chi connectivity index (χ1) is 15.9. The molecule has 4 nitrogen and oxygen atoms in total. The van der Waals surface area contributed by atoms with Crippen LogP contribution in [0.5, 0.6) is 5.75 Å². The fraction of sp³-hybridized carbons (Fsp3) is 0.0370. The number of aromatic hydroxyl groups is 1. The Morgan fingerprint density at radius 2 is 1.73 bits per heavy atom. The Bertz CT molecular complexity index is 1370. The molecular formula is C27H21ClN2O2S. The van der Waals surface area contributed by atoms with Gasteiger partial charge in [-0.1, -0.05) is 65.5 Å². The number of nitrogens with two attached hydrogens (primary N) is 1. The van der Waals surface area contributed by atoms with Gasteiger partial charge in [0.2, 0.25) is 5.91 Å². The van der Waals surface area contributed by atoms with Gasteiger partial charge in [0.05, 0.1) is 5.02 Å². The monoisotopic (exact) mass is 472 g/mol. The Balaban J connectivity index is 0.000000235. The molecule has 0 saturated heterocycles.